The van der Waals surface area contributed by atoms with Gasteiger partial charge in [0.2, 0.25) is 5.91 Å². The smallest absolute Gasteiger partial charge is 0.287 e. The Morgan fingerprint density at radius 2 is 2.29 bits per heavy atom. The molecule has 0 radical (unpaired) electrons. The number of furan rings is 1. The molecule has 0 aliphatic carbocycles. The Labute approximate surface area is 151 Å². The fourth-order valence-corrected chi connectivity index (χ4v) is 3.79. The molecule has 0 saturated carbocycles. The van der Waals surface area contributed by atoms with Crippen molar-refractivity contribution in [1.82, 2.24) is 15.2 Å². The first-order valence-electron chi connectivity index (χ1n) is 7.59. The minimum atomic E-state index is -0.437. The van der Waals surface area contributed by atoms with Gasteiger partial charge < -0.3 is 15.1 Å². The van der Waals surface area contributed by atoms with Crippen molar-refractivity contribution in [3.8, 4) is 0 Å². The van der Waals surface area contributed by atoms with E-state index in [0.29, 0.717) is 9.80 Å². The standard InChI is InChI=1S/C15H17BrN4O3S/c1-2-20-6-5-9-11(8-20)24-15(18-9)19-13(21)7-17-14(22)10-3-4-12(16)23-10/h3-4H,2,5-8H2,1H3,(H,17,22)(H,18,19,21). The Morgan fingerprint density at radius 1 is 1.46 bits per heavy atom. The van der Waals surface area contributed by atoms with E-state index in [-0.39, 0.29) is 18.2 Å². The Hall–Kier alpha value is -1.71. The summed E-state index contributed by atoms with van der Waals surface area (Å²) < 4.78 is 5.59. The molecule has 2 amide bonds. The van der Waals surface area contributed by atoms with E-state index in [1.54, 1.807) is 6.07 Å². The highest BCUT2D eigenvalue weighted by molar-refractivity contribution is 9.10. The van der Waals surface area contributed by atoms with E-state index in [0.717, 1.165) is 31.7 Å². The van der Waals surface area contributed by atoms with Crippen LogP contribution in [0.4, 0.5) is 5.13 Å². The molecule has 1 aliphatic rings. The number of likely N-dealkylation sites (N-methyl/N-ethyl adjacent to an activating group) is 1. The first kappa shape index (κ1) is 17.1. The monoisotopic (exact) mass is 412 g/mol. The van der Waals surface area contributed by atoms with Crippen LogP contribution >= 0.6 is 27.3 Å². The fourth-order valence-electron chi connectivity index (χ4n) is 2.42. The summed E-state index contributed by atoms with van der Waals surface area (Å²) in [5.74, 6) is -0.598. The predicted molar refractivity (Wildman–Crippen MR) is 94.1 cm³/mol. The number of rotatable bonds is 5. The normalized spacial score (nSPS) is 14.2. The summed E-state index contributed by atoms with van der Waals surface area (Å²) in [5.41, 5.74) is 1.06. The van der Waals surface area contributed by atoms with E-state index < -0.39 is 5.91 Å². The highest BCUT2D eigenvalue weighted by Gasteiger charge is 2.20. The van der Waals surface area contributed by atoms with Gasteiger partial charge in [-0.05, 0) is 34.6 Å². The summed E-state index contributed by atoms with van der Waals surface area (Å²) in [6, 6.07) is 3.15. The van der Waals surface area contributed by atoms with Crippen LogP contribution in [0.25, 0.3) is 0 Å². The van der Waals surface area contributed by atoms with Gasteiger partial charge in [0.15, 0.2) is 15.6 Å². The van der Waals surface area contributed by atoms with E-state index in [1.807, 2.05) is 0 Å². The summed E-state index contributed by atoms with van der Waals surface area (Å²) in [6.45, 7) is 4.88. The lowest BCUT2D eigenvalue weighted by Gasteiger charge is -2.23. The number of halogens is 1. The quantitative estimate of drug-likeness (QED) is 0.785. The lowest BCUT2D eigenvalue weighted by molar-refractivity contribution is -0.115. The predicted octanol–water partition coefficient (Wildman–Crippen LogP) is 2.25. The average Bonchev–Trinajstić information content (AvgIpc) is 3.17. The van der Waals surface area contributed by atoms with Gasteiger partial charge in [0.1, 0.15) is 0 Å². The maximum Gasteiger partial charge on any atom is 0.287 e. The number of thiazole rings is 1. The van der Waals surface area contributed by atoms with Gasteiger partial charge in [0.05, 0.1) is 12.2 Å². The van der Waals surface area contributed by atoms with Crippen molar-refractivity contribution in [2.75, 3.05) is 25.0 Å². The minimum absolute atomic E-state index is 0.136. The third kappa shape index (κ3) is 4.03. The number of amides is 2. The molecule has 128 valence electrons. The van der Waals surface area contributed by atoms with Crippen LogP contribution in [0.2, 0.25) is 0 Å². The van der Waals surface area contributed by atoms with Crippen LogP contribution in [0.3, 0.4) is 0 Å². The van der Waals surface area contributed by atoms with E-state index in [1.165, 1.54) is 22.3 Å². The number of anilines is 1. The van der Waals surface area contributed by atoms with Crippen molar-refractivity contribution in [2.45, 2.75) is 19.9 Å². The summed E-state index contributed by atoms with van der Waals surface area (Å²) in [5, 5.41) is 5.83. The SMILES string of the molecule is CCN1CCc2nc(NC(=O)CNC(=O)c3ccc(Br)o3)sc2C1. The van der Waals surface area contributed by atoms with Gasteiger partial charge in [0, 0.05) is 24.4 Å². The number of fused-ring (bicyclic) bond motifs is 1. The Morgan fingerprint density at radius 3 is 3.00 bits per heavy atom. The Kier molecular flexibility index (Phi) is 5.32. The molecule has 24 heavy (non-hydrogen) atoms. The molecule has 0 saturated heterocycles. The molecule has 0 unspecified atom stereocenters. The zero-order chi connectivity index (χ0) is 17.1. The van der Waals surface area contributed by atoms with Crippen LogP contribution in [0.15, 0.2) is 21.2 Å². The molecule has 0 bridgehead atoms. The Bertz CT molecular complexity index is 758. The maximum atomic E-state index is 12.0. The molecule has 3 rings (SSSR count). The lowest BCUT2D eigenvalue weighted by atomic mass is 10.2. The number of carbonyl (C=O) groups is 2. The molecule has 1 aliphatic heterocycles. The third-order valence-electron chi connectivity index (χ3n) is 3.71. The molecule has 2 N–H and O–H groups in total. The molecule has 0 spiro atoms. The van der Waals surface area contributed by atoms with Gasteiger partial charge >= 0.3 is 0 Å². The van der Waals surface area contributed by atoms with Gasteiger partial charge in [0.25, 0.3) is 5.91 Å². The van der Waals surface area contributed by atoms with Crippen molar-refractivity contribution in [3.05, 3.63) is 33.1 Å². The highest BCUT2D eigenvalue weighted by atomic mass is 79.9. The molecule has 0 fully saturated rings. The summed E-state index contributed by atoms with van der Waals surface area (Å²) >= 11 is 4.62. The number of nitrogens with zero attached hydrogens (tertiary/aromatic N) is 2. The van der Waals surface area contributed by atoms with E-state index >= 15 is 0 Å². The number of hydrogen-bond donors (Lipinski definition) is 2. The van der Waals surface area contributed by atoms with Crippen molar-refractivity contribution < 1.29 is 14.0 Å². The summed E-state index contributed by atoms with van der Waals surface area (Å²) in [4.78, 5) is 31.8. The summed E-state index contributed by atoms with van der Waals surface area (Å²) in [7, 11) is 0. The second-order valence-corrected chi connectivity index (χ2v) is 7.21. The molecular weight excluding hydrogens is 396 g/mol. The van der Waals surface area contributed by atoms with Crippen LogP contribution < -0.4 is 10.6 Å². The van der Waals surface area contributed by atoms with Gasteiger partial charge in [-0.25, -0.2) is 4.98 Å². The molecule has 9 heteroatoms. The van der Waals surface area contributed by atoms with Crippen molar-refractivity contribution >= 4 is 44.2 Å². The topological polar surface area (TPSA) is 87.5 Å². The van der Waals surface area contributed by atoms with Crippen LogP contribution in [0.5, 0.6) is 0 Å². The fraction of sp³-hybridized carbons (Fsp3) is 0.400. The first-order chi connectivity index (χ1) is 11.5. The van der Waals surface area contributed by atoms with Crippen LogP contribution in [0, 0.1) is 0 Å². The van der Waals surface area contributed by atoms with Crippen molar-refractivity contribution in [3.63, 3.8) is 0 Å². The van der Waals surface area contributed by atoms with Crippen LogP contribution in [-0.4, -0.2) is 41.3 Å². The molecule has 2 aromatic rings. The number of carbonyl (C=O) groups excluding carboxylic acids is 2. The maximum absolute atomic E-state index is 12.0. The number of aromatic nitrogens is 1. The largest absolute Gasteiger partial charge is 0.444 e. The molecule has 7 nitrogen and oxygen atoms in total. The lowest BCUT2D eigenvalue weighted by Crippen LogP contribution is -2.32. The van der Waals surface area contributed by atoms with Gasteiger partial charge in [-0.2, -0.15) is 0 Å². The van der Waals surface area contributed by atoms with Crippen molar-refractivity contribution in [2.24, 2.45) is 0 Å². The third-order valence-corrected chi connectivity index (χ3v) is 5.13. The molecule has 0 aromatic carbocycles. The van der Waals surface area contributed by atoms with Gasteiger partial charge in [-0.15, -0.1) is 11.3 Å². The van der Waals surface area contributed by atoms with Crippen LogP contribution in [0.1, 0.15) is 28.0 Å². The highest BCUT2D eigenvalue weighted by Crippen LogP contribution is 2.28. The molecular formula is C15H17BrN4O3S. The zero-order valence-corrected chi connectivity index (χ0v) is 15.5. The van der Waals surface area contributed by atoms with E-state index in [2.05, 4.69) is 43.4 Å². The number of nitrogens with one attached hydrogen (secondary N) is 2. The summed E-state index contributed by atoms with van der Waals surface area (Å²) in [6.07, 6.45) is 0.902. The second-order valence-electron chi connectivity index (χ2n) is 5.34. The number of hydrogen-bond acceptors (Lipinski definition) is 6. The first-order valence-corrected chi connectivity index (χ1v) is 9.20. The molecule has 3 heterocycles. The second kappa shape index (κ2) is 7.45. The van der Waals surface area contributed by atoms with Gasteiger partial charge in [-0.1, -0.05) is 6.92 Å². The van der Waals surface area contributed by atoms with Crippen LogP contribution in [-0.2, 0) is 17.8 Å². The molecule has 2 aromatic heterocycles. The Balaban J connectivity index is 1.52. The van der Waals surface area contributed by atoms with E-state index in [9.17, 15) is 9.59 Å². The van der Waals surface area contributed by atoms with Gasteiger partial charge in [-0.3, -0.25) is 14.5 Å². The van der Waals surface area contributed by atoms with E-state index in [4.69, 9.17) is 4.42 Å². The zero-order valence-electron chi connectivity index (χ0n) is 13.1. The minimum Gasteiger partial charge on any atom is -0.444 e. The van der Waals surface area contributed by atoms with Crippen molar-refractivity contribution in [1.29, 1.82) is 0 Å². The molecule has 0 atom stereocenters. The average molecular weight is 413 g/mol.